The summed E-state index contributed by atoms with van der Waals surface area (Å²) in [5.74, 6) is 0.356. The third-order valence-electron chi connectivity index (χ3n) is 3.09. The van der Waals surface area contributed by atoms with Gasteiger partial charge in [-0.05, 0) is 24.0 Å². The Hall–Kier alpha value is -2.15. The molecule has 0 bridgehead atoms. The maximum atomic E-state index is 12.1. The van der Waals surface area contributed by atoms with E-state index >= 15 is 0 Å². The number of nitrogens with one attached hydrogen (secondary N) is 2. The van der Waals surface area contributed by atoms with Crippen LogP contribution < -0.4 is 11.0 Å². The van der Waals surface area contributed by atoms with Gasteiger partial charge in [0.25, 0.3) is 0 Å². The minimum absolute atomic E-state index is 0.136. The Kier molecular flexibility index (Phi) is 5.32. The van der Waals surface area contributed by atoms with Crippen LogP contribution in [0.5, 0.6) is 0 Å². The molecular weight excluding hydrogens is 300 g/mol. The fraction of sp³-hybridized carbons (Fsp3) is 0.333. The fourth-order valence-electron chi connectivity index (χ4n) is 2.02. The first-order valence-electron chi connectivity index (χ1n) is 6.91. The van der Waals surface area contributed by atoms with Crippen molar-refractivity contribution in [3.8, 4) is 0 Å². The monoisotopic (exact) mass is 318 g/mol. The van der Waals surface area contributed by atoms with Crippen molar-refractivity contribution in [2.45, 2.75) is 31.7 Å². The van der Waals surface area contributed by atoms with Gasteiger partial charge in [-0.2, -0.15) is 10.1 Å². The van der Waals surface area contributed by atoms with Crippen LogP contribution in [0.25, 0.3) is 0 Å². The molecule has 0 aliphatic heterocycles. The van der Waals surface area contributed by atoms with Crippen LogP contribution >= 0.6 is 11.8 Å². The number of aromatic nitrogens is 3. The van der Waals surface area contributed by atoms with Gasteiger partial charge in [-0.1, -0.05) is 43.8 Å². The lowest BCUT2D eigenvalue weighted by Gasteiger charge is -2.16. The number of aromatic amines is 1. The number of thioether (sulfide) groups is 1. The van der Waals surface area contributed by atoms with Crippen LogP contribution in [0.2, 0.25) is 0 Å². The van der Waals surface area contributed by atoms with E-state index in [2.05, 4.69) is 34.3 Å². The van der Waals surface area contributed by atoms with Gasteiger partial charge in [0.05, 0.1) is 11.9 Å². The highest BCUT2D eigenvalue weighted by atomic mass is 32.2. The predicted octanol–water partition coefficient (Wildman–Crippen LogP) is 2.33. The minimum atomic E-state index is -0.522. The predicted molar refractivity (Wildman–Crippen MR) is 87.3 cm³/mol. The average molecular weight is 318 g/mol. The van der Waals surface area contributed by atoms with Gasteiger partial charge >= 0.3 is 5.69 Å². The number of anilines is 1. The number of para-hydroxylation sites is 1. The van der Waals surface area contributed by atoms with Gasteiger partial charge in [0.1, 0.15) is 5.03 Å². The minimum Gasteiger partial charge on any atom is -0.325 e. The Morgan fingerprint density at radius 1 is 1.41 bits per heavy atom. The average Bonchev–Trinajstić information content (AvgIpc) is 2.47. The number of carbonyl (C=O) groups excluding carboxylic acids is 1. The van der Waals surface area contributed by atoms with Crippen LogP contribution in [-0.4, -0.2) is 26.8 Å². The third-order valence-corrected chi connectivity index (χ3v) is 3.99. The van der Waals surface area contributed by atoms with E-state index in [9.17, 15) is 9.59 Å². The summed E-state index contributed by atoms with van der Waals surface area (Å²) in [7, 11) is 0. The van der Waals surface area contributed by atoms with E-state index in [4.69, 9.17) is 0 Å². The molecule has 7 heteroatoms. The van der Waals surface area contributed by atoms with E-state index in [0.29, 0.717) is 10.9 Å². The molecule has 0 fully saturated rings. The van der Waals surface area contributed by atoms with Crippen molar-refractivity contribution in [1.29, 1.82) is 0 Å². The van der Waals surface area contributed by atoms with Gasteiger partial charge in [0.15, 0.2) is 0 Å². The van der Waals surface area contributed by atoms with Gasteiger partial charge in [-0.25, -0.2) is 9.89 Å². The number of hydrogen-bond acceptors (Lipinski definition) is 5. The second-order valence-electron chi connectivity index (χ2n) is 5.16. The molecule has 0 unspecified atom stereocenters. The van der Waals surface area contributed by atoms with Crippen LogP contribution in [-0.2, 0) is 4.79 Å². The Bertz CT molecular complexity index is 727. The Balaban J connectivity index is 2.05. The molecule has 116 valence electrons. The fourth-order valence-corrected chi connectivity index (χ4v) is 2.65. The van der Waals surface area contributed by atoms with Gasteiger partial charge in [-0.3, -0.25) is 4.79 Å². The van der Waals surface area contributed by atoms with E-state index in [1.54, 1.807) is 0 Å². The molecule has 0 aliphatic carbocycles. The summed E-state index contributed by atoms with van der Waals surface area (Å²) in [5, 5.41) is 9.22. The van der Waals surface area contributed by atoms with Gasteiger partial charge in [0.2, 0.25) is 5.91 Å². The highest BCUT2D eigenvalue weighted by Crippen LogP contribution is 2.27. The molecule has 0 saturated heterocycles. The molecule has 2 N–H and O–H groups in total. The molecule has 0 atom stereocenters. The van der Waals surface area contributed by atoms with E-state index in [0.717, 1.165) is 16.8 Å². The lowest BCUT2D eigenvalue weighted by molar-refractivity contribution is -0.113. The summed E-state index contributed by atoms with van der Waals surface area (Å²) in [5.41, 5.74) is 2.47. The lowest BCUT2D eigenvalue weighted by atomic mass is 9.98. The Morgan fingerprint density at radius 3 is 2.86 bits per heavy atom. The summed E-state index contributed by atoms with van der Waals surface area (Å²) in [6.07, 6.45) is 1.42. The topological polar surface area (TPSA) is 87.7 Å². The van der Waals surface area contributed by atoms with Crippen LogP contribution in [0.3, 0.4) is 0 Å². The van der Waals surface area contributed by atoms with Crippen LogP contribution in [0.4, 0.5) is 5.69 Å². The smallest absolute Gasteiger partial charge is 0.325 e. The van der Waals surface area contributed by atoms with E-state index in [1.165, 1.54) is 18.0 Å². The number of benzene rings is 1. The largest absolute Gasteiger partial charge is 0.362 e. The zero-order valence-corrected chi connectivity index (χ0v) is 13.5. The number of aryl methyl sites for hydroxylation is 1. The molecule has 22 heavy (non-hydrogen) atoms. The number of rotatable bonds is 5. The number of hydrogen-bond donors (Lipinski definition) is 2. The van der Waals surface area contributed by atoms with Crippen molar-refractivity contribution in [3.05, 3.63) is 46.0 Å². The van der Waals surface area contributed by atoms with Gasteiger partial charge < -0.3 is 5.32 Å². The summed E-state index contributed by atoms with van der Waals surface area (Å²) < 4.78 is 0. The van der Waals surface area contributed by atoms with Crippen molar-refractivity contribution < 1.29 is 4.79 Å². The van der Waals surface area contributed by atoms with Crippen molar-refractivity contribution in [1.82, 2.24) is 15.2 Å². The van der Waals surface area contributed by atoms with Crippen molar-refractivity contribution in [3.63, 3.8) is 0 Å². The normalized spacial score (nSPS) is 10.7. The first-order chi connectivity index (χ1) is 10.5. The second-order valence-corrected chi connectivity index (χ2v) is 6.15. The second kappa shape index (κ2) is 7.22. The molecule has 0 radical (unpaired) electrons. The molecule has 0 saturated carbocycles. The number of H-pyrrole nitrogens is 1. The van der Waals surface area contributed by atoms with Gasteiger partial charge in [0, 0.05) is 5.69 Å². The van der Waals surface area contributed by atoms with E-state index < -0.39 is 5.69 Å². The van der Waals surface area contributed by atoms with Crippen LogP contribution in [0.1, 0.15) is 30.9 Å². The van der Waals surface area contributed by atoms with E-state index in [1.807, 2.05) is 25.1 Å². The number of carbonyl (C=O) groups is 1. The lowest BCUT2D eigenvalue weighted by Crippen LogP contribution is -2.17. The van der Waals surface area contributed by atoms with Crippen molar-refractivity contribution in [2.75, 3.05) is 11.1 Å². The van der Waals surface area contributed by atoms with Crippen LogP contribution in [0, 0.1) is 6.92 Å². The molecule has 0 spiro atoms. The van der Waals surface area contributed by atoms with Gasteiger partial charge in [-0.15, -0.1) is 0 Å². The molecular formula is C15H18N4O2S. The summed E-state index contributed by atoms with van der Waals surface area (Å²) in [4.78, 5) is 26.9. The molecule has 0 aliphatic rings. The van der Waals surface area contributed by atoms with Crippen molar-refractivity contribution in [2.24, 2.45) is 0 Å². The highest BCUT2D eigenvalue weighted by molar-refractivity contribution is 7.99. The van der Waals surface area contributed by atoms with Crippen molar-refractivity contribution >= 4 is 23.4 Å². The quantitative estimate of drug-likeness (QED) is 0.826. The molecule has 1 heterocycles. The standard InChI is InChI=1S/C15H18N4O2S/c1-9(2)11-6-4-5-10(3)14(11)17-12(20)8-22-13-7-16-19-15(21)18-13/h4-7,9H,8H2,1-3H3,(H,17,20)(H,18,19,21). The molecule has 2 rings (SSSR count). The Morgan fingerprint density at radius 2 is 2.18 bits per heavy atom. The third kappa shape index (κ3) is 4.17. The number of amides is 1. The molecule has 1 amide bonds. The first kappa shape index (κ1) is 16.2. The summed E-state index contributed by atoms with van der Waals surface area (Å²) >= 11 is 1.18. The molecule has 1 aromatic heterocycles. The molecule has 6 nitrogen and oxygen atoms in total. The van der Waals surface area contributed by atoms with Crippen LogP contribution in [0.15, 0.2) is 34.2 Å². The Labute approximate surface area is 132 Å². The zero-order valence-electron chi connectivity index (χ0n) is 12.7. The zero-order chi connectivity index (χ0) is 16.1. The molecule has 1 aromatic carbocycles. The number of nitrogens with zero attached hydrogens (tertiary/aromatic N) is 2. The van der Waals surface area contributed by atoms with E-state index in [-0.39, 0.29) is 11.7 Å². The summed E-state index contributed by atoms with van der Waals surface area (Å²) in [6.45, 7) is 6.15. The first-order valence-corrected chi connectivity index (χ1v) is 7.90. The maximum Gasteiger partial charge on any atom is 0.362 e. The SMILES string of the molecule is Cc1cccc(C(C)C)c1NC(=O)CSc1cn[nH]c(=O)n1. The summed E-state index contributed by atoms with van der Waals surface area (Å²) in [6, 6.07) is 5.97. The maximum absolute atomic E-state index is 12.1. The highest BCUT2D eigenvalue weighted by Gasteiger charge is 2.12. The molecule has 2 aromatic rings.